The number of anilines is 1. The van der Waals surface area contributed by atoms with Crippen LogP contribution in [0.25, 0.3) is 10.2 Å². The van der Waals surface area contributed by atoms with E-state index in [-0.39, 0.29) is 0 Å². The van der Waals surface area contributed by atoms with Crippen LogP contribution < -0.4 is 5.32 Å². The van der Waals surface area contributed by atoms with Gasteiger partial charge in [-0.15, -0.1) is 17.9 Å². The summed E-state index contributed by atoms with van der Waals surface area (Å²) in [5.74, 6) is 0. The lowest BCUT2D eigenvalue weighted by molar-refractivity contribution is 0.112. The number of nitrogens with one attached hydrogen (secondary N) is 1. The first-order valence-electron chi connectivity index (χ1n) is 8.16. The normalized spacial score (nSPS) is 11.9. The molecule has 1 N–H and O–H groups in total. The van der Waals surface area contributed by atoms with Crippen LogP contribution in [0.2, 0.25) is 0 Å². The molecule has 0 aliphatic carbocycles. The van der Waals surface area contributed by atoms with Gasteiger partial charge in [0.15, 0.2) is 6.29 Å². The van der Waals surface area contributed by atoms with Gasteiger partial charge < -0.3 is 15.0 Å². The second-order valence-electron chi connectivity index (χ2n) is 5.36. The van der Waals surface area contributed by atoms with Gasteiger partial charge in [0.2, 0.25) is 0 Å². The van der Waals surface area contributed by atoms with Crippen LogP contribution >= 0.6 is 11.3 Å². The van der Waals surface area contributed by atoms with E-state index in [4.69, 9.17) is 4.74 Å². The Morgan fingerprint density at radius 2 is 2.30 bits per heavy atom. The predicted octanol–water partition coefficient (Wildman–Crippen LogP) is 4.53. The highest BCUT2D eigenvalue weighted by Crippen LogP contribution is 2.40. The largest absolute Gasteiger partial charge is 0.504 e. The molecular formula is C20H22N4O2S. The third kappa shape index (κ3) is 4.92. The summed E-state index contributed by atoms with van der Waals surface area (Å²) in [7, 11) is 3.43. The van der Waals surface area contributed by atoms with E-state index < -0.39 is 0 Å². The van der Waals surface area contributed by atoms with Gasteiger partial charge in [-0.25, -0.2) is 9.98 Å². The maximum absolute atomic E-state index is 11.5. The number of thiophene rings is 1. The fourth-order valence-corrected chi connectivity index (χ4v) is 3.25. The number of fused-ring (bicyclic) bond motifs is 1. The summed E-state index contributed by atoms with van der Waals surface area (Å²) < 4.78 is 4.89. The number of carbonyl (C=O) groups is 1. The van der Waals surface area contributed by atoms with Crippen LogP contribution in [-0.2, 0) is 4.74 Å². The molecule has 0 atom stereocenters. The quantitative estimate of drug-likeness (QED) is 0.163. The number of allylic oxidation sites excluding steroid dienone is 3. The van der Waals surface area contributed by atoms with E-state index in [2.05, 4.69) is 28.5 Å². The molecule has 0 fully saturated rings. The lowest BCUT2D eigenvalue weighted by atomic mass is 10.2. The first kappa shape index (κ1) is 20.1. The molecule has 140 valence electrons. The van der Waals surface area contributed by atoms with Crippen LogP contribution in [0.15, 0.2) is 66.7 Å². The molecule has 2 rings (SSSR count). The Labute approximate surface area is 162 Å². The van der Waals surface area contributed by atoms with Gasteiger partial charge >= 0.3 is 0 Å². The van der Waals surface area contributed by atoms with E-state index in [1.165, 1.54) is 11.3 Å². The van der Waals surface area contributed by atoms with Gasteiger partial charge in [0.1, 0.15) is 4.83 Å². The minimum Gasteiger partial charge on any atom is -0.504 e. The van der Waals surface area contributed by atoms with E-state index in [0.717, 1.165) is 27.9 Å². The number of methoxy groups -OCH3 is 1. The molecule has 0 radical (unpaired) electrons. The Balaban J connectivity index is 2.44. The zero-order valence-electron chi connectivity index (χ0n) is 15.4. The van der Waals surface area contributed by atoms with E-state index >= 15 is 0 Å². The predicted molar refractivity (Wildman–Crippen MR) is 114 cm³/mol. The summed E-state index contributed by atoms with van der Waals surface area (Å²) in [5.41, 5.74) is 2.27. The summed E-state index contributed by atoms with van der Waals surface area (Å²) in [6, 6.07) is 1.86. The smallest absolute Gasteiger partial charge is 0.162 e. The summed E-state index contributed by atoms with van der Waals surface area (Å²) in [6.45, 7) is 8.13. The molecule has 2 heterocycles. The number of rotatable bonds is 10. The number of aromatic nitrogens is 1. The Bertz CT molecular complexity index is 912. The lowest BCUT2D eigenvalue weighted by Gasteiger charge is -2.13. The van der Waals surface area contributed by atoms with Crippen molar-refractivity contribution in [3.8, 4) is 0 Å². The van der Waals surface area contributed by atoms with Gasteiger partial charge in [-0.3, -0.25) is 4.79 Å². The van der Waals surface area contributed by atoms with Gasteiger partial charge in [0, 0.05) is 31.2 Å². The monoisotopic (exact) mass is 382 g/mol. The molecule has 0 amide bonds. The molecule has 0 bridgehead atoms. The average Bonchev–Trinajstić information content (AvgIpc) is 3.06. The van der Waals surface area contributed by atoms with Crippen LogP contribution in [0.3, 0.4) is 0 Å². The van der Waals surface area contributed by atoms with E-state index in [0.29, 0.717) is 17.1 Å². The van der Waals surface area contributed by atoms with Crippen molar-refractivity contribution < 1.29 is 9.53 Å². The molecule has 0 spiro atoms. The molecule has 27 heavy (non-hydrogen) atoms. The van der Waals surface area contributed by atoms with Crippen molar-refractivity contribution in [3.63, 3.8) is 0 Å². The number of carbonyl (C=O) groups excluding carboxylic acids is 1. The molecule has 0 aromatic carbocycles. The lowest BCUT2D eigenvalue weighted by Crippen LogP contribution is -2.13. The molecule has 7 heteroatoms. The molecule has 0 saturated carbocycles. The molecule has 0 aliphatic rings. The Morgan fingerprint density at radius 3 is 2.96 bits per heavy atom. The number of ether oxygens (including phenoxy) is 1. The average molecular weight is 382 g/mol. The highest BCUT2D eigenvalue weighted by Gasteiger charge is 2.15. The molecule has 2 aromatic rings. The zero-order valence-corrected chi connectivity index (χ0v) is 16.2. The molecular weight excluding hydrogens is 360 g/mol. The highest BCUT2D eigenvalue weighted by molar-refractivity contribution is 7.21. The van der Waals surface area contributed by atoms with Gasteiger partial charge in [-0.1, -0.05) is 12.7 Å². The fraction of sp³-hybridized carbons (Fsp3) is 0.150. The van der Waals surface area contributed by atoms with Gasteiger partial charge in [0.25, 0.3) is 0 Å². The minimum atomic E-state index is 0.526. The Kier molecular flexibility index (Phi) is 7.51. The van der Waals surface area contributed by atoms with Crippen molar-refractivity contribution >= 4 is 45.6 Å². The van der Waals surface area contributed by atoms with Crippen molar-refractivity contribution in [2.24, 2.45) is 4.99 Å². The van der Waals surface area contributed by atoms with E-state index in [1.54, 1.807) is 49.0 Å². The summed E-state index contributed by atoms with van der Waals surface area (Å²) in [4.78, 5) is 23.5. The zero-order chi connectivity index (χ0) is 19.6. The van der Waals surface area contributed by atoms with Gasteiger partial charge in [-0.2, -0.15) is 0 Å². The summed E-state index contributed by atoms with van der Waals surface area (Å²) >= 11 is 1.31. The topological polar surface area (TPSA) is 66.8 Å². The second-order valence-corrected chi connectivity index (χ2v) is 6.39. The Morgan fingerprint density at radius 1 is 1.48 bits per heavy atom. The SMILES string of the molecule is C=CCNc1ccnc2sc(C=O)c(N=CN(C)/C(C=C)=C/C=C/OC)c12. The number of likely N-dealkylation sites (N-methyl/N-ethyl adjacent to an activating group) is 1. The Hall–Kier alpha value is -3.19. The van der Waals surface area contributed by atoms with Crippen molar-refractivity contribution in [1.29, 1.82) is 0 Å². The van der Waals surface area contributed by atoms with E-state index in [1.807, 2.05) is 19.2 Å². The summed E-state index contributed by atoms with van der Waals surface area (Å²) in [6.07, 6.45) is 12.8. The maximum Gasteiger partial charge on any atom is 0.162 e. The maximum atomic E-state index is 11.5. The first-order chi connectivity index (χ1) is 13.2. The van der Waals surface area contributed by atoms with Crippen molar-refractivity contribution in [1.82, 2.24) is 9.88 Å². The second kappa shape index (κ2) is 10.1. The van der Waals surface area contributed by atoms with Gasteiger partial charge in [-0.05, 0) is 24.3 Å². The van der Waals surface area contributed by atoms with Crippen LogP contribution in [-0.4, -0.2) is 43.2 Å². The number of pyridine rings is 1. The van der Waals surface area contributed by atoms with Crippen LogP contribution in [0.4, 0.5) is 11.4 Å². The molecule has 0 aliphatic heterocycles. The van der Waals surface area contributed by atoms with Crippen LogP contribution in [0, 0.1) is 0 Å². The van der Waals surface area contributed by atoms with Crippen molar-refractivity contribution in [3.05, 3.63) is 66.6 Å². The third-order valence-corrected chi connectivity index (χ3v) is 4.61. The number of nitrogens with zero attached hydrogens (tertiary/aromatic N) is 3. The summed E-state index contributed by atoms with van der Waals surface area (Å²) in [5, 5.41) is 4.08. The standard InChI is InChI=1S/C20H22N4O2S/c1-5-10-21-16-9-11-22-20-18(16)19(17(13-25)27-20)23-14-24(3)15(6-2)8-7-12-26-4/h5-9,11-14H,1-2,10H2,3-4H3,(H,21,22)/b12-7+,15-8+,23-14?. The molecule has 0 unspecified atom stereocenters. The van der Waals surface area contributed by atoms with Crippen molar-refractivity contribution in [2.75, 3.05) is 26.0 Å². The van der Waals surface area contributed by atoms with Crippen molar-refractivity contribution in [2.45, 2.75) is 0 Å². The van der Waals surface area contributed by atoms with Gasteiger partial charge in [0.05, 0.1) is 35.7 Å². The number of aliphatic imine (C=N–C) groups is 1. The van der Waals surface area contributed by atoms with Crippen LogP contribution in [0.5, 0.6) is 0 Å². The minimum absolute atomic E-state index is 0.526. The molecule has 6 nitrogen and oxygen atoms in total. The van der Waals surface area contributed by atoms with Crippen LogP contribution in [0.1, 0.15) is 9.67 Å². The highest BCUT2D eigenvalue weighted by atomic mass is 32.1. The number of aldehydes is 1. The van der Waals surface area contributed by atoms with E-state index in [9.17, 15) is 4.79 Å². The number of hydrogen-bond donors (Lipinski definition) is 1. The third-order valence-electron chi connectivity index (χ3n) is 3.59. The molecule has 0 saturated heterocycles. The fourth-order valence-electron chi connectivity index (χ4n) is 2.32. The number of hydrogen-bond acceptors (Lipinski definition) is 6. The first-order valence-corrected chi connectivity index (χ1v) is 8.98. The molecule has 2 aromatic heterocycles.